The minimum absolute atomic E-state index is 0.0202. The van der Waals surface area contributed by atoms with Crippen LogP contribution in [0.15, 0.2) is 17.1 Å². The van der Waals surface area contributed by atoms with Crippen LogP contribution in [-0.4, -0.2) is 27.2 Å². The highest BCUT2D eigenvalue weighted by molar-refractivity contribution is 5.91. The van der Waals surface area contributed by atoms with E-state index in [1.807, 2.05) is 0 Å². The van der Waals surface area contributed by atoms with E-state index in [2.05, 4.69) is 15.8 Å². The van der Waals surface area contributed by atoms with Crippen molar-refractivity contribution in [2.24, 2.45) is 0 Å². The fourth-order valence-corrected chi connectivity index (χ4v) is 3.16. The summed E-state index contributed by atoms with van der Waals surface area (Å²) in [6.45, 7) is 0.806. The van der Waals surface area contributed by atoms with Gasteiger partial charge in [0.05, 0.1) is 17.1 Å². The average molecular weight is 332 g/mol. The summed E-state index contributed by atoms with van der Waals surface area (Å²) in [7, 11) is 0. The third-order valence-corrected chi connectivity index (χ3v) is 4.56. The lowest BCUT2D eigenvalue weighted by Crippen LogP contribution is -2.41. The molecule has 1 aliphatic carbocycles. The number of halogens is 1. The Morgan fingerprint density at radius 2 is 2.17 bits per heavy atom. The summed E-state index contributed by atoms with van der Waals surface area (Å²) >= 11 is 0. The molecule has 4 rings (SSSR count). The molecular formula is C16H17FN4O3. The lowest BCUT2D eigenvalue weighted by molar-refractivity contribution is 0.0695. The molecule has 8 heteroatoms. The van der Waals surface area contributed by atoms with E-state index in [4.69, 9.17) is 0 Å². The van der Waals surface area contributed by atoms with Crippen LogP contribution in [0.4, 0.5) is 4.39 Å². The van der Waals surface area contributed by atoms with Crippen molar-refractivity contribution in [2.45, 2.75) is 37.8 Å². The number of aromatic nitrogens is 2. The zero-order valence-corrected chi connectivity index (χ0v) is 12.9. The van der Waals surface area contributed by atoms with Crippen LogP contribution >= 0.6 is 0 Å². The molecule has 0 bridgehead atoms. The van der Waals surface area contributed by atoms with Crippen molar-refractivity contribution < 1.29 is 14.3 Å². The van der Waals surface area contributed by atoms with E-state index in [9.17, 15) is 19.1 Å². The number of pyridine rings is 2. The Kier molecular flexibility index (Phi) is 3.58. The zero-order chi connectivity index (χ0) is 16.8. The molecule has 1 aliphatic heterocycles. The van der Waals surface area contributed by atoms with Gasteiger partial charge in [0.25, 0.3) is 0 Å². The minimum atomic E-state index is -1.31. The third-order valence-electron chi connectivity index (χ3n) is 4.56. The van der Waals surface area contributed by atoms with Gasteiger partial charge in [-0.1, -0.05) is 0 Å². The maximum Gasteiger partial charge on any atom is 0.341 e. The lowest BCUT2D eigenvalue weighted by Gasteiger charge is -2.24. The van der Waals surface area contributed by atoms with E-state index in [1.165, 1.54) is 6.20 Å². The summed E-state index contributed by atoms with van der Waals surface area (Å²) in [6.07, 6.45) is 4.77. The van der Waals surface area contributed by atoms with Crippen molar-refractivity contribution in [1.29, 1.82) is 0 Å². The van der Waals surface area contributed by atoms with Crippen molar-refractivity contribution >= 4 is 17.0 Å². The monoisotopic (exact) mass is 332 g/mol. The molecule has 3 N–H and O–H groups in total. The van der Waals surface area contributed by atoms with Gasteiger partial charge in [-0.3, -0.25) is 10.2 Å². The number of carbonyl (C=O) groups is 1. The molecule has 0 aromatic carbocycles. The second-order valence-electron chi connectivity index (χ2n) is 6.31. The Bertz CT molecular complexity index is 885. The first-order valence-corrected chi connectivity index (χ1v) is 8.03. The summed E-state index contributed by atoms with van der Waals surface area (Å²) in [5.74, 6) is -1.90. The van der Waals surface area contributed by atoms with Crippen molar-refractivity contribution in [1.82, 2.24) is 20.4 Å². The van der Waals surface area contributed by atoms with E-state index in [0.717, 1.165) is 38.3 Å². The summed E-state index contributed by atoms with van der Waals surface area (Å²) < 4.78 is 16.2. The molecule has 1 unspecified atom stereocenters. The number of nitrogens with one attached hydrogen (secondary N) is 2. The van der Waals surface area contributed by atoms with Crippen LogP contribution in [-0.2, 0) is 0 Å². The molecule has 3 heterocycles. The van der Waals surface area contributed by atoms with Gasteiger partial charge in [0.1, 0.15) is 17.0 Å². The number of rotatable bonds is 3. The Hall–Kier alpha value is -2.32. The van der Waals surface area contributed by atoms with Crippen molar-refractivity contribution in [3.8, 4) is 0 Å². The number of carboxylic acids is 1. The third kappa shape index (κ3) is 2.47. The predicted octanol–water partition coefficient (Wildman–Crippen LogP) is 1.50. The summed E-state index contributed by atoms with van der Waals surface area (Å²) in [4.78, 5) is 28.1. The normalized spacial score (nSPS) is 21.1. The first-order chi connectivity index (χ1) is 11.6. The molecule has 0 radical (unpaired) electrons. The molecular weight excluding hydrogens is 315 g/mol. The number of fused-ring (bicyclic) bond motifs is 1. The summed E-state index contributed by atoms with van der Waals surface area (Å²) in [5.41, 5.74) is 5.58. The van der Waals surface area contributed by atoms with Crippen LogP contribution in [0, 0.1) is 5.82 Å². The van der Waals surface area contributed by atoms with Crippen LogP contribution in [0.3, 0.4) is 0 Å². The van der Waals surface area contributed by atoms with E-state index in [1.54, 1.807) is 4.57 Å². The first kappa shape index (κ1) is 15.2. The van der Waals surface area contributed by atoms with Gasteiger partial charge in [0, 0.05) is 18.8 Å². The van der Waals surface area contributed by atoms with Crippen LogP contribution in [0.25, 0.3) is 11.0 Å². The molecule has 126 valence electrons. The van der Waals surface area contributed by atoms with Gasteiger partial charge in [-0.15, -0.1) is 0 Å². The fourth-order valence-electron chi connectivity index (χ4n) is 3.16. The second-order valence-corrected chi connectivity index (χ2v) is 6.31. The van der Waals surface area contributed by atoms with Gasteiger partial charge >= 0.3 is 5.97 Å². The molecule has 7 nitrogen and oxygen atoms in total. The van der Waals surface area contributed by atoms with Crippen LogP contribution in [0.2, 0.25) is 0 Å². The van der Waals surface area contributed by atoms with Crippen LogP contribution < -0.4 is 16.3 Å². The molecule has 0 spiro atoms. The van der Waals surface area contributed by atoms with Gasteiger partial charge in [-0.25, -0.2) is 19.6 Å². The number of hydrazine groups is 1. The second kappa shape index (κ2) is 5.64. The van der Waals surface area contributed by atoms with Crippen molar-refractivity contribution in [3.63, 3.8) is 0 Å². The maximum atomic E-state index is 14.5. The summed E-state index contributed by atoms with van der Waals surface area (Å²) in [5, 5.41) is 9.25. The van der Waals surface area contributed by atoms with Gasteiger partial charge < -0.3 is 9.67 Å². The molecule has 2 aromatic heterocycles. The van der Waals surface area contributed by atoms with Crippen LogP contribution in [0.5, 0.6) is 0 Å². The Balaban J connectivity index is 1.95. The number of hydrogen-bond donors (Lipinski definition) is 3. The number of nitrogens with zero attached hydrogens (tertiary/aromatic N) is 2. The van der Waals surface area contributed by atoms with E-state index in [-0.39, 0.29) is 28.7 Å². The number of carboxylic acid groups (broad SMARTS) is 1. The predicted molar refractivity (Wildman–Crippen MR) is 84.3 cm³/mol. The van der Waals surface area contributed by atoms with Gasteiger partial charge in [-0.2, -0.15) is 0 Å². The number of aromatic carboxylic acids is 1. The van der Waals surface area contributed by atoms with Crippen molar-refractivity contribution in [3.05, 3.63) is 39.6 Å². The largest absolute Gasteiger partial charge is 0.477 e. The molecule has 1 saturated heterocycles. The van der Waals surface area contributed by atoms with Crippen molar-refractivity contribution in [2.75, 3.05) is 6.54 Å². The maximum absolute atomic E-state index is 14.5. The highest BCUT2D eigenvalue weighted by Gasteiger charge is 2.29. The molecule has 2 aliphatic rings. The standard InChI is InChI=1S/C16H17FN4O3/c17-11-6-9-14(22)10(16(23)24)7-21(8-3-4-8)15(9)19-13(11)12-2-1-5-18-20-12/h6-8,12,18,20H,1-5H2,(H,23,24). The molecule has 1 saturated carbocycles. The quantitative estimate of drug-likeness (QED) is 0.788. The average Bonchev–Trinajstić information content (AvgIpc) is 3.40. The zero-order valence-electron chi connectivity index (χ0n) is 12.9. The topological polar surface area (TPSA) is 96.2 Å². The highest BCUT2D eigenvalue weighted by atomic mass is 19.1. The molecule has 2 fully saturated rings. The van der Waals surface area contributed by atoms with E-state index >= 15 is 0 Å². The molecule has 0 amide bonds. The van der Waals surface area contributed by atoms with Crippen LogP contribution in [0.1, 0.15) is 53.8 Å². The first-order valence-electron chi connectivity index (χ1n) is 8.03. The smallest absolute Gasteiger partial charge is 0.341 e. The Morgan fingerprint density at radius 3 is 2.79 bits per heavy atom. The fraction of sp³-hybridized carbons (Fsp3) is 0.438. The van der Waals surface area contributed by atoms with E-state index < -0.39 is 17.2 Å². The molecule has 1 atom stereocenters. The highest BCUT2D eigenvalue weighted by Crippen LogP contribution is 2.37. The van der Waals surface area contributed by atoms with E-state index in [0.29, 0.717) is 5.65 Å². The van der Waals surface area contributed by atoms with Gasteiger partial charge in [-0.05, 0) is 31.7 Å². The Labute approximate surface area is 136 Å². The SMILES string of the molecule is O=C(O)c1cn(C2CC2)c2nc(C3CCCNN3)c(F)cc2c1=O. The van der Waals surface area contributed by atoms with Gasteiger partial charge in [0.2, 0.25) is 5.43 Å². The van der Waals surface area contributed by atoms with Gasteiger partial charge in [0.15, 0.2) is 0 Å². The molecule has 2 aromatic rings. The molecule has 24 heavy (non-hydrogen) atoms. The minimum Gasteiger partial charge on any atom is -0.477 e. The Morgan fingerprint density at radius 1 is 1.38 bits per heavy atom. The summed E-state index contributed by atoms with van der Waals surface area (Å²) in [6, 6.07) is 0.973. The number of hydrogen-bond acceptors (Lipinski definition) is 5. The lowest BCUT2D eigenvalue weighted by atomic mass is 10.0.